The summed E-state index contributed by atoms with van der Waals surface area (Å²) in [7, 11) is -3.63. The smallest absolute Gasteiger partial charge is 0.240 e. The number of aryl methyl sites for hydroxylation is 1. The summed E-state index contributed by atoms with van der Waals surface area (Å²) < 4.78 is 26.5. The van der Waals surface area contributed by atoms with Crippen LogP contribution in [0.5, 0.6) is 0 Å². The maximum Gasteiger partial charge on any atom is 0.240 e. The molecule has 0 radical (unpaired) electrons. The highest BCUT2D eigenvalue weighted by Crippen LogP contribution is 2.42. The van der Waals surface area contributed by atoms with Crippen LogP contribution in [0.1, 0.15) is 58.4 Å². The minimum absolute atomic E-state index is 0.0111. The molecule has 0 spiro atoms. The van der Waals surface area contributed by atoms with Crippen molar-refractivity contribution in [3.63, 3.8) is 0 Å². The maximum atomic E-state index is 12.9. The van der Waals surface area contributed by atoms with Gasteiger partial charge in [0, 0.05) is 11.4 Å². The monoisotopic (exact) mass is 447 g/mol. The summed E-state index contributed by atoms with van der Waals surface area (Å²) in [6.07, 6.45) is 7.31. The molecule has 5 nitrogen and oxygen atoms in total. The molecule has 1 heterocycles. The van der Waals surface area contributed by atoms with E-state index in [1.54, 1.807) is 35.6 Å². The molecule has 0 fully saturated rings. The molecule has 162 valence electrons. The molecule has 1 aliphatic rings. The van der Waals surface area contributed by atoms with Crippen LogP contribution in [0.25, 0.3) is 6.08 Å². The van der Waals surface area contributed by atoms with E-state index in [-0.39, 0.29) is 29.2 Å². The lowest BCUT2D eigenvalue weighted by atomic mass is 9.74. The number of allylic oxidation sites excluding steroid dienone is 1. The lowest BCUT2D eigenvalue weighted by Crippen LogP contribution is -2.26. The number of carbonyl (C=O) groups excluding carboxylic acids is 1. The lowest BCUT2D eigenvalue weighted by Gasteiger charge is -2.30. The first kappa shape index (κ1) is 22.9. The van der Waals surface area contributed by atoms with Gasteiger partial charge in [-0.25, -0.2) is 13.1 Å². The Bertz CT molecular complexity index is 1050. The largest absolute Gasteiger partial charge is 0.395 e. The predicted octanol–water partition coefficient (Wildman–Crippen LogP) is 3.99. The second-order valence-electron chi connectivity index (χ2n) is 8.39. The summed E-state index contributed by atoms with van der Waals surface area (Å²) in [6, 6.07) is 6.32. The molecule has 1 aromatic carbocycles. The van der Waals surface area contributed by atoms with E-state index in [1.165, 1.54) is 28.1 Å². The molecule has 2 N–H and O–H groups in total. The molecule has 0 atom stereocenters. The average molecular weight is 448 g/mol. The first-order valence-electron chi connectivity index (χ1n) is 10.2. The number of hydrogen-bond acceptors (Lipinski definition) is 5. The number of aliphatic hydroxyl groups excluding tert-OH is 1. The third kappa shape index (κ3) is 5.09. The number of sulfonamides is 1. The van der Waals surface area contributed by atoms with Crippen LogP contribution in [0.4, 0.5) is 0 Å². The van der Waals surface area contributed by atoms with Crippen molar-refractivity contribution < 1.29 is 18.3 Å². The summed E-state index contributed by atoms with van der Waals surface area (Å²) in [6.45, 7) is 6.44. The van der Waals surface area contributed by atoms with Gasteiger partial charge >= 0.3 is 0 Å². The van der Waals surface area contributed by atoms with E-state index in [4.69, 9.17) is 5.11 Å². The lowest BCUT2D eigenvalue weighted by molar-refractivity contribution is 0.104. The minimum Gasteiger partial charge on any atom is -0.395 e. The van der Waals surface area contributed by atoms with Gasteiger partial charge in [-0.3, -0.25) is 4.79 Å². The normalized spacial score (nSPS) is 16.0. The molecular weight excluding hydrogens is 418 g/mol. The molecule has 3 rings (SSSR count). The maximum absolute atomic E-state index is 12.9. The molecule has 0 saturated carbocycles. The van der Waals surface area contributed by atoms with Crippen molar-refractivity contribution in [1.82, 2.24) is 4.72 Å². The van der Waals surface area contributed by atoms with E-state index in [2.05, 4.69) is 25.5 Å². The Balaban J connectivity index is 1.78. The molecule has 30 heavy (non-hydrogen) atoms. The van der Waals surface area contributed by atoms with E-state index in [1.807, 2.05) is 0 Å². The van der Waals surface area contributed by atoms with Crippen LogP contribution >= 0.6 is 11.3 Å². The molecule has 0 aliphatic heterocycles. The zero-order valence-corrected chi connectivity index (χ0v) is 19.3. The molecular formula is C23H29NO4S2. The Morgan fingerprint density at radius 1 is 1.23 bits per heavy atom. The van der Waals surface area contributed by atoms with E-state index in [0.717, 1.165) is 36.1 Å². The first-order chi connectivity index (χ1) is 14.2. The van der Waals surface area contributed by atoms with Crippen molar-refractivity contribution in [3.8, 4) is 0 Å². The highest BCUT2D eigenvalue weighted by Gasteiger charge is 2.31. The number of ketones is 1. The summed E-state index contributed by atoms with van der Waals surface area (Å²) >= 11 is 1.62. The first-order valence-corrected chi connectivity index (χ1v) is 12.5. The van der Waals surface area contributed by atoms with Gasteiger partial charge in [0.15, 0.2) is 5.78 Å². The predicted molar refractivity (Wildman–Crippen MR) is 122 cm³/mol. The van der Waals surface area contributed by atoms with Crippen molar-refractivity contribution in [3.05, 3.63) is 56.8 Å². The van der Waals surface area contributed by atoms with E-state index >= 15 is 0 Å². The van der Waals surface area contributed by atoms with Crippen LogP contribution in [0.3, 0.4) is 0 Å². The highest BCUT2D eigenvalue weighted by atomic mass is 32.2. The number of hydrogen-bond donors (Lipinski definition) is 2. The minimum atomic E-state index is -3.63. The van der Waals surface area contributed by atoms with Crippen molar-refractivity contribution in [2.75, 3.05) is 13.2 Å². The number of nitrogens with one attached hydrogen (secondary N) is 1. The molecule has 0 amide bonds. The van der Waals surface area contributed by atoms with Gasteiger partial charge in [0.2, 0.25) is 10.0 Å². The number of carbonyl (C=O) groups is 1. The van der Waals surface area contributed by atoms with E-state index in [0.29, 0.717) is 0 Å². The van der Waals surface area contributed by atoms with Crippen LogP contribution in [0.2, 0.25) is 0 Å². The Morgan fingerprint density at radius 3 is 2.57 bits per heavy atom. The molecule has 0 saturated heterocycles. The summed E-state index contributed by atoms with van der Waals surface area (Å²) in [5.41, 5.74) is 3.64. The summed E-state index contributed by atoms with van der Waals surface area (Å²) in [4.78, 5) is 15.2. The van der Waals surface area contributed by atoms with Gasteiger partial charge in [0.25, 0.3) is 0 Å². The van der Waals surface area contributed by atoms with Crippen LogP contribution in [0, 0.1) is 5.41 Å². The number of aliphatic hydroxyl groups is 1. The molecule has 2 aromatic rings. The fraction of sp³-hybridized carbons (Fsp3) is 0.435. The quantitative estimate of drug-likeness (QED) is 0.473. The zero-order chi connectivity index (χ0) is 21.9. The highest BCUT2D eigenvalue weighted by molar-refractivity contribution is 7.89. The van der Waals surface area contributed by atoms with Crippen molar-refractivity contribution in [1.29, 1.82) is 0 Å². The van der Waals surface area contributed by atoms with Crippen molar-refractivity contribution >= 4 is 33.2 Å². The topological polar surface area (TPSA) is 83.5 Å². The van der Waals surface area contributed by atoms with Gasteiger partial charge in [0.05, 0.1) is 16.4 Å². The number of rotatable bonds is 8. The van der Waals surface area contributed by atoms with E-state index < -0.39 is 10.0 Å². The Morgan fingerprint density at radius 2 is 1.93 bits per heavy atom. The fourth-order valence-corrected chi connectivity index (χ4v) is 6.05. The molecule has 0 bridgehead atoms. The van der Waals surface area contributed by atoms with Gasteiger partial charge in [-0.05, 0) is 66.0 Å². The third-order valence-electron chi connectivity index (χ3n) is 5.47. The average Bonchev–Trinajstić information content (AvgIpc) is 3.07. The van der Waals surface area contributed by atoms with Gasteiger partial charge in [-0.1, -0.05) is 39.0 Å². The molecule has 1 aromatic heterocycles. The van der Waals surface area contributed by atoms with Crippen LogP contribution in [-0.4, -0.2) is 32.5 Å². The van der Waals surface area contributed by atoms with Crippen molar-refractivity contribution in [2.24, 2.45) is 5.41 Å². The Labute approximate surface area is 182 Å². The summed E-state index contributed by atoms with van der Waals surface area (Å²) in [5.74, 6) is 0.0111. The van der Waals surface area contributed by atoms with Gasteiger partial charge in [-0.15, -0.1) is 11.3 Å². The standard InChI is InChI=1S/C23H29NO4S2/c1-4-21-19-15-23(2,3)12-11-18(19)22(29-21)20(26)10-7-16-5-8-17(9-6-16)30(27,28)24-13-14-25/h5-10,24-25H,4,11-15H2,1-3H3/b10-7+. The molecule has 1 aliphatic carbocycles. The van der Waals surface area contributed by atoms with Crippen LogP contribution in [-0.2, 0) is 29.3 Å². The number of thiophene rings is 1. The number of fused-ring (bicyclic) bond motifs is 1. The van der Waals surface area contributed by atoms with Gasteiger partial charge < -0.3 is 5.11 Å². The zero-order valence-electron chi connectivity index (χ0n) is 17.7. The van der Waals surface area contributed by atoms with E-state index in [9.17, 15) is 13.2 Å². The SMILES string of the molecule is CCc1sc(C(=O)/C=C/c2ccc(S(=O)(=O)NCCO)cc2)c2c1CC(C)(C)CC2. The molecule has 7 heteroatoms. The Kier molecular flexibility index (Phi) is 6.97. The van der Waals surface area contributed by atoms with Crippen molar-refractivity contribution in [2.45, 2.75) is 51.3 Å². The fourth-order valence-electron chi connectivity index (χ4n) is 3.81. The summed E-state index contributed by atoms with van der Waals surface area (Å²) in [5, 5.41) is 8.79. The van der Waals surface area contributed by atoms with Gasteiger partial charge in [-0.2, -0.15) is 0 Å². The second kappa shape index (κ2) is 9.14. The van der Waals surface area contributed by atoms with Gasteiger partial charge in [0.1, 0.15) is 0 Å². The third-order valence-corrected chi connectivity index (χ3v) is 8.38. The Hall–Kier alpha value is -1.80. The second-order valence-corrected chi connectivity index (χ2v) is 11.3. The van der Waals surface area contributed by atoms with Crippen LogP contribution < -0.4 is 4.72 Å². The molecule has 0 unspecified atom stereocenters. The van der Waals surface area contributed by atoms with Crippen LogP contribution in [0.15, 0.2) is 35.2 Å². The number of benzene rings is 1.